The highest BCUT2D eigenvalue weighted by molar-refractivity contribution is 7.89. The number of aromatic nitrogens is 1. The van der Waals surface area contributed by atoms with Crippen LogP contribution in [0.4, 0.5) is 0 Å². The van der Waals surface area contributed by atoms with E-state index in [1.54, 1.807) is 30.6 Å². The monoisotopic (exact) mass is 485 g/mol. The fourth-order valence-electron chi connectivity index (χ4n) is 4.78. The van der Waals surface area contributed by atoms with Crippen molar-refractivity contribution in [1.82, 2.24) is 14.2 Å². The average molecular weight is 486 g/mol. The molecular formula is C24H27N3O4S2. The van der Waals surface area contributed by atoms with E-state index in [0.717, 1.165) is 23.4 Å². The third kappa shape index (κ3) is 4.25. The Bertz CT molecular complexity index is 1220. The van der Waals surface area contributed by atoms with Gasteiger partial charge in [-0.2, -0.15) is 4.31 Å². The van der Waals surface area contributed by atoms with Gasteiger partial charge in [0.25, 0.3) is 0 Å². The topological polar surface area (TPSA) is 79.8 Å². The molecule has 0 radical (unpaired) electrons. The number of likely N-dealkylation sites (tertiary alicyclic amines) is 1. The molecular weight excluding hydrogens is 458 g/mol. The Hall–Kier alpha value is -2.49. The lowest BCUT2D eigenvalue weighted by atomic mass is 9.97. The van der Waals surface area contributed by atoms with Crippen molar-refractivity contribution in [3.05, 3.63) is 53.5 Å². The third-order valence-electron chi connectivity index (χ3n) is 6.62. The number of amides is 1. The van der Waals surface area contributed by atoms with Crippen LogP contribution in [0.2, 0.25) is 0 Å². The summed E-state index contributed by atoms with van der Waals surface area (Å²) < 4.78 is 34.2. The molecule has 9 heteroatoms. The summed E-state index contributed by atoms with van der Waals surface area (Å²) in [5.41, 5.74) is 1.03. The maximum absolute atomic E-state index is 13.4. The SMILES string of the molecule is COc1ccc(S(=O)(=O)N2CCCC2C(=O)N2CCC(c3nc4ccccc4s3)CC2)cc1. The van der Waals surface area contributed by atoms with E-state index >= 15 is 0 Å². The summed E-state index contributed by atoms with van der Waals surface area (Å²) in [6.45, 7) is 1.63. The number of benzene rings is 2. The normalized spacial score (nSPS) is 20.4. The van der Waals surface area contributed by atoms with Crippen LogP contribution in [-0.2, 0) is 14.8 Å². The number of nitrogens with zero attached hydrogens (tertiary/aromatic N) is 3. The molecule has 5 rings (SSSR count). The maximum atomic E-state index is 13.4. The van der Waals surface area contributed by atoms with E-state index in [4.69, 9.17) is 9.72 Å². The van der Waals surface area contributed by atoms with E-state index in [1.165, 1.54) is 21.1 Å². The first-order valence-electron chi connectivity index (χ1n) is 11.3. The maximum Gasteiger partial charge on any atom is 0.243 e. The Morgan fingerprint density at radius 2 is 1.76 bits per heavy atom. The lowest BCUT2D eigenvalue weighted by Gasteiger charge is -2.34. The van der Waals surface area contributed by atoms with Crippen LogP contribution in [-0.4, -0.2) is 61.3 Å². The van der Waals surface area contributed by atoms with Gasteiger partial charge in [-0.25, -0.2) is 13.4 Å². The molecule has 3 heterocycles. The van der Waals surface area contributed by atoms with Crippen LogP contribution in [0, 0.1) is 0 Å². The number of para-hydroxylation sites is 1. The van der Waals surface area contributed by atoms with Gasteiger partial charge in [0.1, 0.15) is 11.8 Å². The largest absolute Gasteiger partial charge is 0.497 e. The first kappa shape index (κ1) is 22.3. The molecule has 3 aromatic rings. The zero-order chi connectivity index (χ0) is 23.0. The molecule has 2 aliphatic rings. The molecule has 2 fully saturated rings. The summed E-state index contributed by atoms with van der Waals surface area (Å²) >= 11 is 1.73. The van der Waals surface area contributed by atoms with Gasteiger partial charge in [0.15, 0.2) is 0 Å². The molecule has 1 atom stereocenters. The van der Waals surface area contributed by atoms with Gasteiger partial charge in [0, 0.05) is 25.6 Å². The summed E-state index contributed by atoms with van der Waals surface area (Å²) in [7, 11) is -2.20. The Morgan fingerprint density at radius 1 is 1.03 bits per heavy atom. The first-order chi connectivity index (χ1) is 16.0. The van der Waals surface area contributed by atoms with Crippen molar-refractivity contribution in [2.45, 2.75) is 42.5 Å². The highest BCUT2D eigenvalue weighted by atomic mass is 32.2. The Balaban J connectivity index is 1.27. The van der Waals surface area contributed by atoms with Crippen molar-refractivity contribution >= 4 is 37.5 Å². The molecule has 2 saturated heterocycles. The van der Waals surface area contributed by atoms with Crippen molar-refractivity contribution in [2.75, 3.05) is 26.7 Å². The minimum atomic E-state index is -3.74. The van der Waals surface area contributed by atoms with Gasteiger partial charge in [-0.1, -0.05) is 12.1 Å². The van der Waals surface area contributed by atoms with Crippen LogP contribution in [0.1, 0.15) is 36.6 Å². The molecule has 0 aliphatic carbocycles. The number of piperidine rings is 1. The number of thiazole rings is 1. The summed E-state index contributed by atoms with van der Waals surface area (Å²) in [6, 6.07) is 13.9. The Morgan fingerprint density at radius 3 is 2.45 bits per heavy atom. The van der Waals surface area contributed by atoms with Gasteiger partial charge in [0.2, 0.25) is 15.9 Å². The summed E-state index contributed by atoms with van der Waals surface area (Å²) in [4.78, 5) is 20.2. The number of rotatable bonds is 5. The van der Waals surface area contributed by atoms with E-state index < -0.39 is 16.1 Å². The standard InChI is InChI=1S/C24H27N3O4S2/c1-31-18-8-10-19(11-9-18)33(29,30)27-14-4-6-21(27)24(28)26-15-12-17(13-16-26)23-25-20-5-2-3-7-22(20)32-23/h2-3,5,7-11,17,21H,4,6,12-16H2,1H3. The molecule has 0 spiro atoms. The zero-order valence-electron chi connectivity index (χ0n) is 18.5. The average Bonchev–Trinajstić information content (AvgIpc) is 3.52. The van der Waals surface area contributed by atoms with Gasteiger partial charge in [-0.05, 0) is 62.1 Å². The molecule has 1 amide bonds. The first-order valence-corrected chi connectivity index (χ1v) is 13.5. The van der Waals surface area contributed by atoms with E-state index in [9.17, 15) is 13.2 Å². The number of hydrogen-bond acceptors (Lipinski definition) is 6. The van der Waals surface area contributed by atoms with Gasteiger partial charge in [-0.3, -0.25) is 4.79 Å². The molecule has 174 valence electrons. The minimum absolute atomic E-state index is 0.0765. The molecule has 2 aromatic carbocycles. The predicted octanol–water partition coefficient (Wildman–Crippen LogP) is 3.86. The van der Waals surface area contributed by atoms with Gasteiger partial charge in [-0.15, -0.1) is 11.3 Å². The van der Waals surface area contributed by atoms with E-state index in [1.807, 2.05) is 23.1 Å². The van der Waals surface area contributed by atoms with Gasteiger partial charge < -0.3 is 9.64 Å². The van der Waals surface area contributed by atoms with Crippen LogP contribution < -0.4 is 4.74 Å². The Kier molecular flexibility index (Phi) is 6.11. The molecule has 2 aliphatic heterocycles. The number of hydrogen-bond donors (Lipinski definition) is 0. The van der Waals surface area contributed by atoms with E-state index in [0.29, 0.717) is 44.1 Å². The molecule has 0 saturated carbocycles. The predicted molar refractivity (Wildman–Crippen MR) is 128 cm³/mol. The molecule has 33 heavy (non-hydrogen) atoms. The lowest BCUT2D eigenvalue weighted by molar-refractivity contribution is -0.135. The Labute approximate surface area is 198 Å². The van der Waals surface area contributed by atoms with Crippen LogP contribution in [0.3, 0.4) is 0 Å². The van der Waals surface area contributed by atoms with E-state index in [-0.39, 0.29) is 10.8 Å². The number of methoxy groups -OCH3 is 1. The van der Waals surface area contributed by atoms with Crippen molar-refractivity contribution in [3.63, 3.8) is 0 Å². The van der Waals surface area contributed by atoms with Crippen molar-refractivity contribution in [1.29, 1.82) is 0 Å². The van der Waals surface area contributed by atoms with Crippen LogP contribution in [0.25, 0.3) is 10.2 Å². The number of carbonyl (C=O) groups excluding carboxylic acids is 1. The zero-order valence-corrected chi connectivity index (χ0v) is 20.1. The number of ether oxygens (including phenoxy) is 1. The second-order valence-corrected chi connectivity index (χ2v) is 11.5. The third-order valence-corrected chi connectivity index (χ3v) is 9.74. The summed E-state index contributed by atoms with van der Waals surface area (Å²) in [6.07, 6.45) is 2.95. The van der Waals surface area contributed by atoms with E-state index in [2.05, 4.69) is 6.07 Å². The highest BCUT2D eigenvalue weighted by Gasteiger charge is 2.42. The fourth-order valence-corrected chi connectivity index (χ4v) is 7.57. The second kappa shape index (κ2) is 9.04. The summed E-state index contributed by atoms with van der Waals surface area (Å²) in [5, 5.41) is 1.13. The molecule has 0 N–H and O–H groups in total. The van der Waals surface area contributed by atoms with Crippen molar-refractivity contribution < 1.29 is 17.9 Å². The lowest BCUT2D eigenvalue weighted by Crippen LogP contribution is -2.49. The molecule has 1 aromatic heterocycles. The second-order valence-electron chi connectivity index (χ2n) is 8.57. The van der Waals surface area contributed by atoms with Crippen LogP contribution >= 0.6 is 11.3 Å². The number of carbonyl (C=O) groups is 1. The van der Waals surface area contributed by atoms with Gasteiger partial charge >= 0.3 is 0 Å². The quantitative estimate of drug-likeness (QED) is 0.548. The minimum Gasteiger partial charge on any atom is -0.497 e. The van der Waals surface area contributed by atoms with Gasteiger partial charge in [0.05, 0.1) is 27.2 Å². The number of sulfonamides is 1. The summed E-state index contributed by atoms with van der Waals surface area (Å²) in [5.74, 6) is 0.862. The fraction of sp³-hybridized carbons (Fsp3) is 0.417. The van der Waals surface area contributed by atoms with Crippen molar-refractivity contribution in [3.8, 4) is 5.75 Å². The highest BCUT2D eigenvalue weighted by Crippen LogP contribution is 2.35. The van der Waals surface area contributed by atoms with Crippen molar-refractivity contribution in [2.24, 2.45) is 0 Å². The molecule has 1 unspecified atom stereocenters. The molecule has 7 nitrogen and oxygen atoms in total. The van der Waals surface area contributed by atoms with Crippen LogP contribution in [0.15, 0.2) is 53.4 Å². The number of fused-ring (bicyclic) bond motifs is 1. The smallest absolute Gasteiger partial charge is 0.243 e. The molecule has 0 bridgehead atoms. The van der Waals surface area contributed by atoms with Crippen LogP contribution in [0.5, 0.6) is 5.75 Å².